The Labute approximate surface area is 128 Å². The zero-order valence-electron chi connectivity index (χ0n) is 11.1. The smallest absolute Gasteiger partial charge is 0.330 e. The molecule has 1 aromatic heterocycles. The number of hydrogen-bond acceptors (Lipinski definition) is 5. The predicted molar refractivity (Wildman–Crippen MR) is 79.1 cm³/mol. The van der Waals surface area contributed by atoms with Crippen molar-refractivity contribution >= 4 is 28.4 Å². The van der Waals surface area contributed by atoms with E-state index in [-0.39, 0.29) is 6.42 Å². The number of ketones is 1. The summed E-state index contributed by atoms with van der Waals surface area (Å²) in [7, 11) is 0. The minimum Gasteiger partial charge on any atom is -0.379 e. The molecule has 2 rings (SSSR count). The molecule has 0 spiro atoms. The van der Waals surface area contributed by atoms with E-state index in [1.165, 1.54) is 17.7 Å². The molecule has 1 saturated heterocycles. The lowest BCUT2D eigenvalue weighted by atomic mass is 9.92. The quantitative estimate of drug-likeness (QED) is 0.550. The van der Waals surface area contributed by atoms with Crippen molar-refractivity contribution in [2.75, 3.05) is 4.43 Å². The molecule has 1 fully saturated rings. The van der Waals surface area contributed by atoms with Crippen molar-refractivity contribution in [1.29, 1.82) is 0 Å². The predicted octanol–water partition coefficient (Wildman–Crippen LogP) is -0.112. The zero-order valence-corrected chi connectivity index (χ0v) is 13.2. The van der Waals surface area contributed by atoms with Crippen LogP contribution in [-0.4, -0.2) is 36.6 Å². The van der Waals surface area contributed by atoms with Crippen LogP contribution in [0.25, 0.3) is 0 Å². The Kier molecular flexibility index (Phi) is 4.17. The van der Waals surface area contributed by atoms with E-state index >= 15 is 0 Å². The highest BCUT2D eigenvalue weighted by Gasteiger charge is 2.51. The number of aromatic amines is 1. The normalized spacial score (nSPS) is 29.6. The second-order valence-corrected chi connectivity index (χ2v) is 5.78. The van der Waals surface area contributed by atoms with Gasteiger partial charge in [0.2, 0.25) is 0 Å². The maximum atomic E-state index is 11.8. The van der Waals surface area contributed by atoms with Crippen LogP contribution in [0.15, 0.2) is 15.8 Å². The van der Waals surface area contributed by atoms with Crippen LogP contribution in [0.2, 0.25) is 0 Å². The number of ether oxygens (including phenoxy) is 1. The summed E-state index contributed by atoms with van der Waals surface area (Å²) in [6.45, 7) is 2.86. The molecule has 0 aromatic carbocycles. The molecule has 20 heavy (non-hydrogen) atoms. The maximum absolute atomic E-state index is 11.8. The summed E-state index contributed by atoms with van der Waals surface area (Å²) in [5.41, 5.74) is -2.32. The van der Waals surface area contributed by atoms with Gasteiger partial charge in [-0.1, -0.05) is 22.6 Å². The third-order valence-corrected chi connectivity index (χ3v) is 4.35. The molecule has 0 amide bonds. The Balaban J connectivity index is 2.42. The molecule has 2 heterocycles. The number of hydrogen-bond donors (Lipinski definition) is 2. The second-order valence-electron chi connectivity index (χ2n) is 4.90. The third kappa shape index (κ3) is 2.47. The number of aryl methyl sites for hydroxylation is 1. The number of carbonyl (C=O) groups is 1. The second kappa shape index (κ2) is 5.41. The van der Waals surface area contributed by atoms with Gasteiger partial charge in [-0.25, -0.2) is 4.79 Å². The van der Waals surface area contributed by atoms with Crippen LogP contribution < -0.4 is 11.2 Å². The van der Waals surface area contributed by atoms with E-state index in [0.29, 0.717) is 9.99 Å². The maximum Gasteiger partial charge on any atom is 0.330 e. The molecule has 0 saturated carbocycles. The molecule has 7 nitrogen and oxygen atoms in total. The lowest BCUT2D eigenvalue weighted by molar-refractivity contribution is -0.139. The Hall–Kier alpha value is -1.00. The van der Waals surface area contributed by atoms with Crippen molar-refractivity contribution in [1.82, 2.24) is 9.55 Å². The fourth-order valence-corrected chi connectivity index (χ4v) is 3.18. The molecule has 8 heteroatoms. The van der Waals surface area contributed by atoms with Crippen molar-refractivity contribution in [2.24, 2.45) is 0 Å². The third-order valence-electron chi connectivity index (χ3n) is 3.55. The lowest BCUT2D eigenvalue weighted by Gasteiger charge is -2.23. The molecule has 0 bridgehead atoms. The molecule has 3 atom stereocenters. The van der Waals surface area contributed by atoms with E-state index in [0.717, 1.165) is 0 Å². The van der Waals surface area contributed by atoms with Crippen LogP contribution in [0.1, 0.15) is 25.1 Å². The van der Waals surface area contributed by atoms with Gasteiger partial charge in [-0.05, 0) is 13.8 Å². The van der Waals surface area contributed by atoms with Gasteiger partial charge in [0.05, 0.1) is 0 Å². The summed E-state index contributed by atoms with van der Waals surface area (Å²) < 4.78 is 7.24. The highest BCUT2D eigenvalue weighted by atomic mass is 127. The number of halogens is 1. The summed E-state index contributed by atoms with van der Waals surface area (Å²) in [6, 6.07) is 0. The number of carbonyl (C=O) groups excluding carboxylic acids is 1. The summed E-state index contributed by atoms with van der Waals surface area (Å²) in [5.74, 6) is -0.393. The van der Waals surface area contributed by atoms with Crippen molar-refractivity contribution in [3.63, 3.8) is 0 Å². The SMILES string of the molecule is CC(=O)[C@]1(O)C[C@H](n2cc(C)c(=O)[nH]c2=O)O[C@@H]1CI. The first kappa shape index (κ1) is 15.4. The van der Waals surface area contributed by atoms with Crippen molar-refractivity contribution in [2.45, 2.75) is 38.2 Å². The van der Waals surface area contributed by atoms with Crippen molar-refractivity contribution in [3.05, 3.63) is 32.6 Å². The highest BCUT2D eigenvalue weighted by Crippen LogP contribution is 2.37. The fraction of sp³-hybridized carbons (Fsp3) is 0.583. The van der Waals surface area contributed by atoms with Gasteiger partial charge in [-0.3, -0.25) is 19.1 Å². The zero-order chi connectivity index (χ0) is 15.1. The van der Waals surface area contributed by atoms with E-state index in [1.54, 1.807) is 6.92 Å². The minimum atomic E-state index is -1.60. The number of Topliss-reactive ketones (excluding diaryl/α,β-unsaturated/α-hetero) is 1. The molecule has 0 unspecified atom stereocenters. The van der Waals surface area contributed by atoms with E-state index in [9.17, 15) is 19.5 Å². The summed E-state index contributed by atoms with van der Waals surface area (Å²) in [6.07, 6.45) is -0.0833. The molecular weight excluding hydrogens is 379 g/mol. The molecule has 0 radical (unpaired) electrons. The van der Waals surface area contributed by atoms with Crippen LogP contribution in [0, 0.1) is 6.92 Å². The number of nitrogens with one attached hydrogen (secondary N) is 1. The fourth-order valence-electron chi connectivity index (χ4n) is 2.25. The molecule has 0 aliphatic carbocycles. The Bertz CT molecular complexity index is 652. The van der Waals surface area contributed by atoms with E-state index < -0.39 is 35.0 Å². The van der Waals surface area contributed by atoms with Crippen LogP contribution >= 0.6 is 22.6 Å². The largest absolute Gasteiger partial charge is 0.379 e. The van der Waals surface area contributed by atoms with E-state index in [2.05, 4.69) is 4.98 Å². The first-order valence-corrected chi connectivity index (χ1v) is 7.59. The number of aromatic nitrogens is 2. The van der Waals surface area contributed by atoms with Gasteiger partial charge in [0.1, 0.15) is 12.3 Å². The topological polar surface area (TPSA) is 101 Å². The molecule has 1 aliphatic heterocycles. The summed E-state index contributed by atoms with van der Waals surface area (Å²) in [5, 5.41) is 10.4. The number of aliphatic hydroxyl groups is 1. The highest BCUT2D eigenvalue weighted by molar-refractivity contribution is 14.1. The average Bonchev–Trinajstić information content (AvgIpc) is 2.72. The van der Waals surface area contributed by atoms with E-state index in [4.69, 9.17) is 4.74 Å². The standard InChI is InChI=1S/C12H15IN2O5/c1-6-5-15(11(18)14-10(6)17)9-3-12(19,7(2)16)8(4-13)20-9/h5,8-9,19H,3-4H2,1-2H3,(H,14,17,18)/t8-,9-,12-/m1/s1. The molecule has 2 N–H and O–H groups in total. The van der Waals surface area contributed by atoms with Gasteiger partial charge in [0.15, 0.2) is 11.4 Å². The minimum absolute atomic E-state index is 0.0125. The van der Waals surface area contributed by atoms with Gasteiger partial charge >= 0.3 is 5.69 Å². The first-order chi connectivity index (χ1) is 9.29. The average molecular weight is 394 g/mol. The number of alkyl halides is 1. The van der Waals surface area contributed by atoms with E-state index in [1.807, 2.05) is 22.6 Å². The lowest BCUT2D eigenvalue weighted by Crippen LogP contribution is -2.45. The van der Waals surface area contributed by atoms with Crippen LogP contribution in [0.3, 0.4) is 0 Å². The summed E-state index contributed by atoms with van der Waals surface area (Å²) >= 11 is 2.02. The molecule has 1 aliphatic rings. The molecule has 110 valence electrons. The first-order valence-electron chi connectivity index (χ1n) is 6.06. The summed E-state index contributed by atoms with van der Waals surface area (Å²) in [4.78, 5) is 37.0. The van der Waals surface area contributed by atoms with Gasteiger partial charge in [-0.15, -0.1) is 0 Å². The number of nitrogens with zero attached hydrogens (tertiary/aromatic N) is 1. The molecule has 1 aromatic rings. The van der Waals surface area contributed by atoms with Gasteiger partial charge < -0.3 is 9.84 Å². The van der Waals surface area contributed by atoms with Gasteiger partial charge in [-0.2, -0.15) is 0 Å². The van der Waals surface area contributed by atoms with Gasteiger partial charge in [0.25, 0.3) is 5.56 Å². The number of rotatable bonds is 3. The Morgan fingerprint density at radius 2 is 2.30 bits per heavy atom. The monoisotopic (exact) mass is 394 g/mol. The van der Waals surface area contributed by atoms with Crippen LogP contribution in [0.5, 0.6) is 0 Å². The number of H-pyrrole nitrogens is 1. The van der Waals surface area contributed by atoms with Crippen molar-refractivity contribution < 1.29 is 14.6 Å². The van der Waals surface area contributed by atoms with Gasteiger partial charge in [0, 0.05) is 22.6 Å². The van der Waals surface area contributed by atoms with Crippen LogP contribution in [0.4, 0.5) is 0 Å². The van der Waals surface area contributed by atoms with Crippen molar-refractivity contribution in [3.8, 4) is 0 Å². The van der Waals surface area contributed by atoms with Crippen LogP contribution in [-0.2, 0) is 9.53 Å². The molecular formula is C12H15IN2O5. The Morgan fingerprint density at radius 1 is 1.65 bits per heavy atom. The Morgan fingerprint density at radius 3 is 2.80 bits per heavy atom.